The predicted molar refractivity (Wildman–Crippen MR) is 108 cm³/mol. The number of aromatic nitrogens is 1. The first-order valence-corrected chi connectivity index (χ1v) is 10.7. The van der Waals surface area contributed by atoms with Gasteiger partial charge in [-0.25, -0.2) is 14.8 Å². The molecule has 4 rings (SSSR count). The Hall–Kier alpha value is -2.21. The molecule has 1 saturated carbocycles. The summed E-state index contributed by atoms with van der Waals surface area (Å²) < 4.78 is 0. The molecule has 2 aliphatic rings. The molecule has 1 aliphatic carbocycles. The summed E-state index contributed by atoms with van der Waals surface area (Å²) in [5, 5.41) is 16.1. The van der Waals surface area contributed by atoms with Gasteiger partial charge < -0.3 is 10.4 Å². The Bertz CT molecular complexity index is 855. The monoisotopic (exact) mass is 383 g/mol. The van der Waals surface area contributed by atoms with Gasteiger partial charge in [0, 0.05) is 17.0 Å². The minimum Gasteiger partial charge on any atom is -0.508 e. The van der Waals surface area contributed by atoms with E-state index in [2.05, 4.69) is 15.7 Å². The number of thiazole rings is 1. The first-order valence-electron chi connectivity index (χ1n) is 9.78. The Morgan fingerprint density at radius 2 is 2.07 bits per heavy atom. The number of aliphatic imine (C=N–C) groups is 1. The number of urea groups is 1. The van der Waals surface area contributed by atoms with Crippen LogP contribution in [0.25, 0.3) is 0 Å². The predicted octanol–water partition coefficient (Wildman–Crippen LogP) is 5.30. The Balaban J connectivity index is 1.70. The van der Waals surface area contributed by atoms with Gasteiger partial charge in [0.05, 0.1) is 17.7 Å². The summed E-state index contributed by atoms with van der Waals surface area (Å²) in [7, 11) is 0. The van der Waals surface area contributed by atoms with Crippen molar-refractivity contribution >= 4 is 23.1 Å². The van der Waals surface area contributed by atoms with Crippen LogP contribution < -0.4 is 5.32 Å². The van der Waals surface area contributed by atoms with E-state index >= 15 is 0 Å². The van der Waals surface area contributed by atoms with Crippen LogP contribution in [0.15, 0.2) is 34.6 Å². The van der Waals surface area contributed by atoms with Gasteiger partial charge in [0.25, 0.3) is 0 Å². The van der Waals surface area contributed by atoms with Crippen LogP contribution in [-0.2, 0) is 0 Å². The van der Waals surface area contributed by atoms with Gasteiger partial charge in [-0.15, -0.1) is 11.3 Å². The van der Waals surface area contributed by atoms with Crippen molar-refractivity contribution in [2.75, 3.05) is 0 Å². The van der Waals surface area contributed by atoms with Gasteiger partial charge in [-0.1, -0.05) is 38.3 Å². The molecule has 142 valence electrons. The Morgan fingerprint density at radius 1 is 1.26 bits per heavy atom. The first kappa shape index (κ1) is 18.2. The second kappa shape index (κ2) is 7.80. The number of phenolic OH excluding ortho intramolecular Hbond substituents is 1. The molecule has 1 aliphatic heterocycles. The fraction of sp³-hybridized carbons (Fsp3) is 0.476. The lowest BCUT2D eigenvalue weighted by molar-refractivity contribution is 0.242. The molecule has 2 amide bonds. The van der Waals surface area contributed by atoms with Crippen LogP contribution in [-0.4, -0.2) is 21.8 Å². The van der Waals surface area contributed by atoms with Crippen molar-refractivity contribution in [1.29, 1.82) is 0 Å². The lowest BCUT2D eigenvalue weighted by Gasteiger charge is -2.31. The first-order chi connectivity index (χ1) is 13.2. The van der Waals surface area contributed by atoms with Crippen LogP contribution in [0.3, 0.4) is 0 Å². The maximum absolute atomic E-state index is 12.2. The lowest BCUT2D eigenvalue weighted by Crippen LogP contribution is -2.39. The summed E-state index contributed by atoms with van der Waals surface area (Å²) in [6.07, 6.45) is 7.03. The summed E-state index contributed by atoms with van der Waals surface area (Å²) >= 11 is 1.67. The zero-order valence-electron chi connectivity index (χ0n) is 15.5. The van der Waals surface area contributed by atoms with Crippen LogP contribution in [0.4, 0.5) is 4.79 Å². The standard InChI is InChI=1S/C21H25N3O2S/c1-2-16-18(20-22-17(12-27-20)13-7-4-3-5-8-13)19(24-21(26)23-16)14-9-6-10-15(25)11-14/h6,9-13,18-19,25H,2-5,7-8H2,1H3,(H,24,26). The van der Waals surface area contributed by atoms with Crippen LogP contribution in [0.5, 0.6) is 5.75 Å². The lowest BCUT2D eigenvalue weighted by atomic mass is 9.86. The number of hydrogen-bond acceptors (Lipinski definition) is 4. The molecule has 2 unspecified atom stereocenters. The number of hydrogen-bond donors (Lipinski definition) is 2. The number of amides is 2. The molecule has 2 heterocycles. The highest BCUT2D eigenvalue weighted by atomic mass is 32.1. The Kier molecular flexibility index (Phi) is 5.25. The summed E-state index contributed by atoms with van der Waals surface area (Å²) in [6.45, 7) is 2.03. The number of carbonyl (C=O) groups excluding carboxylic acids is 1. The van der Waals surface area contributed by atoms with Crippen molar-refractivity contribution in [2.45, 2.75) is 63.3 Å². The van der Waals surface area contributed by atoms with Crippen molar-refractivity contribution < 1.29 is 9.90 Å². The molecule has 2 atom stereocenters. The van der Waals surface area contributed by atoms with E-state index in [9.17, 15) is 9.90 Å². The van der Waals surface area contributed by atoms with E-state index in [1.807, 2.05) is 13.0 Å². The summed E-state index contributed by atoms with van der Waals surface area (Å²) in [5.74, 6) is 0.670. The van der Waals surface area contributed by atoms with Gasteiger partial charge in [-0.3, -0.25) is 0 Å². The van der Waals surface area contributed by atoms with Gasteiger partial charge in [-0.2, -0.15) is 0 Å². The maximum Gasteiger partial charge on any atom is 0.341 e. The zero-order chi connectivity index (χ0) is 18.8. The second-order valence-corrected chi connectivity index (χ2v) is 8.29. The third-order valence-electron chi connectivity index (χ3n) is 5.64. The number of aromatic hydroxyl groups is 1. The molecule has 0 spiro atoms. The highest BCUT2D eigenvalue weighted by Gasteiger charge is 2.36. The van der Waals surface area contributed by atoms with E-state index in [1.54, 1.807) is 29.5 Å². The third-order valence-corrected chi connectivity index (χ3v) is 6.58. The van der Waals surface area contributed by atoms with Gasteiger partial charge in [-0.05, 0) is 37.0 Å². The summed E-state index contributed by atoms with van der Waals surface area (Å²) in [5.41, 5.74) is 2.93. The van der Waals surface area contributed by atoms with E-state index in [4.69, 9.17) is 4.98 Å². The molecule has 2 N–H and O–H groups in total. The average molecular weight is 384 g/mol. The topological polar surface area (TPSA) is 74.6 Å². The van der Waals surface area contributed by atoms with Crippen LogP contribution in [0, 0.1) is 0 Å². The van der Waals surface area contributed by atoms with Crippen molar-refractivity contribution in [3.8, 4) is 5.75 Å². The third kappa shape index (κ3) is 3.76. The molecule has 0 radical (unpaired) electrons. The van der Waals surface area contributed by atoms with E-state index < -0.39 is 0 Å². The number of benzene rings is 1. The van der Waals surface area contributed by atoms with Gasteiger partial charge in [0.1, 0.15) is 10.8 Å². The van der Waals surface area contributed by atoms with E-state index in [-0.39, 0.29) is 23.7 Å². The quantitative estimate of drug-likeness (QED) is 0.753. The molecule has 0 saturated heterocycles. The molecule has 1 aromatic heterocycles. The number of phenols is 1. The minimum absolute atomic E-state index is 0.0863. The molecular formula is C21H25N3O2S. The molecule has 0 bridgehead atoms. The van der Waals surface area contributed by atoms with Crippen LogP contribution in [0.1, 0.15) is 79.6 Å². The van der Waals surface area contributed by atoms with Gasteiger partial charge in [0.15, 0.2) is 0 Å². The fourth-order valence-corrected chi connectivity index (χ4v) is 5.31. The van der Waals surface area contributed by atoms with E-state index in [1.165, 1.54) is 37.8 Å². The molecule has 27 heavy (non-hydrogen) atoms. The largest absolute Gasteiger partial charge is 0.508 e. The normalized spacial score (nSPS) is 23.7. The average Bonchev–Trinajstić information content (AvgIpc) is 3.17. The molecule has 6 heteroatoms. The molecule has 5 nitrogen and oxygen atoms in total. The SMILES string of the molecule is CCC1=NC(=O)NC(c2cccc(O)c2)C1c1nc(C2CCCCC2)cs1. The molecule has 2 aromatic rings. The highest BCUT2D eigenvalue weighted by Crippen LogP contribution is 2.40. The van der Waals surface area contributed by atoms with Crippen molar-refractivity contribution in [1.82, 2.24) is 10.3 Å². The number of carbonyl (C=O) groups is 1. The second-order valence-electron chi connectivity index (χ2n) is 7.40. The molecule has 1 aromatic carbocycles. The number of rotatable bonds is 4. The number of nitrogens with zero attached hydrogens (tertiary/aromatic N) is 2. The molecular weight excluding hydrogens is 358 g/mol. The fourth-order valence-electron chi connectivity index (χ4n) is 4.25. The number of nitrogens with one attached hydrogen (secondary N) is 1. The van der Waals surface area contributed by atoms with E-state index in [0.717, 1.165) is 16.3 Å². The Labute approximate surface area is 163 Å². The van der Waals surface area contributed by atoms with Crippen molar-refractivity contribution in [2.24, 2.45) is 4.99 Å². The van der Waals surface area contributed by atoms with Crippen molar-refractivity contribution in [3.05, 3.63) is 45.9 Å². The summed E-state index contributed by atoms with van der Waals surface area (Å²) in [4.78, 5) is 21.4. The van der Waals surface area contributed by atoms with Crippen LogP contribution in [0.2, 0.25) is 0 Å². The smallest absolute Gasteiger partial charge is 0.341 e. The van der Waals surface area contributed by atoms with Crippen molar-refractivity contribution in [3.63, 3.8) is 0 Å². The van der Waals surface area contributed by atoms with Gasteiger partial charge >= 0.3 is 6.03 Å². The van der Waals surface area contributed by atoms with E-state index in [0.29, 0.717) is 12.3 Å². The molecule has 1 fully saturated rings. The van der Waals surface area contributed by atoms with Crippen LogP contribution >= 0.6 is 11.3 Å². The summed E-state index contributed by atoms with van der Waals surface area (Å²) in [6, 6.07) is 6.52. The Morgan fingerprint density at radius 3 is 2.81 bits per heavy atom. The zero-order valence-corrected chi connectivity index (χ0v) is 16.3. The highest BCUT2D eigenvalue weighted by molar-refractivity contribution is 7.09. The van der Waals surface area contributed by atoms with Gasteiger partial charge in [0.2, 0.25) is 0 Å². The minimum atomic E-state index is -0.319. The maximum atomic E-state index is 12.2.